The van der Waals surface area contributed by atoms with Gasteiger partial charge in [-0.15, -0.1) is 22.7 Å². The first-order chi connectivity index (χ1) is 65.1. The number of aromatic nitrogens is 1. The van der Waals surface area contributed by atoms with Crippen LogP contribution in [-0.4, -0.2) is 18.0 Å². The highest BCUT2D eigenvalue weighted by Crippen LogP contribution is 2.68. The summed E-state index contributed by atoms with van der Waals surface area (Å²) in [6.45, 7) is 27.7. The molecule has 8 aliphatic carbocycles. The number of aryl methyl sites for hydroxylation is 12. The van der Waals surface area contributed by atoms with E-state index in [-0.39, 0.29) is 35.1 Å². The lowest BCUT2D eigenvalue weighted by Crippen LogP contribution is -2.55. The number of nitrogens with zero attached hydrogens (tertiary/aromatic N) is 1. The van der Waals surface area contributed by atoms with Crippen LogP contribution in [0.3, 0.4) is 0 Å². The van der Waals surface area contributed by atoms with Crippen molar-refractivity contribution in [1.82, 2.24) is 4.57 Å². The third kappa shape index (κ3) is 14.6. The molecule has 0 N–H and O–H groups in total. The van der Waals surface area contributed by atoms with Crippen molar-refractivity contribution in [3.8, 4) is 27.9 Å². The van der Waals surface area contributed by atoms with Gasteiger partial charge in [-0.1, -0.05) is 366 Å². The largest absolute Gasteiger partial charge is 0.309 e. The standard InChI is InChI=1S/C64H58BNS.C64H60BPS/c1-39-27-41(3)61(42(4)28-39)65(62-43(5)29-40(2)30-44(62)6)51-22-26-60-56(33-51)55-32-48(17-25-59(55)67-60)47-15-18-49(19-16-47)63-34-45-31-46(35-63)37-64(36-45,38-63)50-20-23-52(24-21-50)66-57-13-9-7-11-53(57)54-12-8-10-14-58(54)66;1-41-29-43(3)61(44(4)30-41)65(62-45(5)31-42(2)32-46(62)6)53-24-28-60-58(35-53)57-34-50(19-27-59(57)67-60)49-17-20-51(21-18-49)63-36-47-33-48(37-63)39-64(38-47,40-63)52-22-25-56(26-23-52)66(54-13-9-7-10-14-54)55-15-11-8-12-16-55/h7-30,32-33,45-46H,31,34-38H2,1-6H3;7-32,34-35,47-48H,33,36-40H2,1-6H3. The highest BCUT2D eigenvalue weighted by molar-refractivity contribution is 7.79. The van der Waals surface area contributed by atoms with Crippen LogP contribution in [0.2, 0.25) is 0 Å². The summed E-state index contributed by atoms with van der Waals surface area (Å²) in [6.07, 6.45) is 16.1. The van der Waals surface area contributed by atoms with Gasteiger partial charge in [-0.05, 0) is 345 Å². The Balaban J connectivity index is 0.000000147. The summed E-state index contributed by atoms with van der Waals surface area (Å²) in [4.78, 5) is 0. The fraction of sp³-hybridized carbons (Fsp3) is 0.250. The minimum Gasteiger partial charge on any atom is -0.309 e. The van der Waals surface area contributed by atoms with Gasteiger partial charge in [0.05, 0.1) is 11.0 Å². The topological polar surface area (TPSA) is 4.93 Å². The SMILES string of the molecule is Cc1cc(C)c(B(c2ccc3sc4ccc(-c5ccc(C67CC8CC(C6)CC(c6ccc(-n9c%10ccccc%10c%10ccccc%109)cc6)(C8)C7)cc5)cc4c3c2)c2c(C)cc(C)cc2C)c(C)c1.Cc1cc(C)c(B(c2ccc3sc4ccc(-c5ccc(C67CC8CC(C6)CC(c6ccc(P(c9ccccc9)c9ccccc9)cc6)(C8)C7)cc5)cc4c3c2)c2c(C)cc(C)cc2C)c(C)c1. The quantitative estimate of drug-likeness (QED) is 0.0671. The zero-order valence-electron chi connectivity index (χ0n) is 79.8. The fourth-order valence-corrected chi connectivity index (χ4v) is 33.9. The van der Waals surface area contributed by atoms with Gasteiger partial charge in [-0.25, -0.2) is 0 Å². The van der Waals surface area contributed by atoms with Crippen LogP contribution < -0.4 is 48.7 Å². The van der Waals surface area contributed by atoms with Crippen LogP contribution in [0.4, 0.5) is 0 Å². The lowest BCUT2D eigenvalue weighted by Gasteiger charge is -2.63. The molecule has 6 heteroatoms. The second-order valence-electron chi connectivity index (χ2n) is 42.9. The molecule has 1 nitrogen and oxygen atoms in total. The summed E-state index contributed by atoms with van der Waals surface area (Å²) >= 11 is 3.85. The molecule has 8 fully saturated rings. The average Bonchev–Trinajstić information content (AvgIpc) is 0.974. The molecule has 0 radical (unpaired) electrons. The van der Waals surface area contributed by atoms with E-state index in [9.17, 15) is 0 Å². The van der Waals surface area contributed by atoms with Crippen LogP contribution >= 0.6 is 30.6 Å². The summed E-state index contributed by atoms with van der Waals surface area (Å²) in [5.74, 6) is 3.22. The van der Waals surface area contributed by atoms with E-state index in [4.69, 9.17) is 0 Å². The molecule has 0 amide bonds. The van der Waals surface area contributed by atoms with Gasteiger partial charge in [0, 0.05) is 46.0 Å². The van der Waals surface area contributed by atoms with Crippen molar-refractivity contribution < 1.29 is 0 Å². The van der Waals surface area contributed by atoms with Crippen molar-refractivity contribution in [3.63, 3.8) is 0 Å². The zero-order valence-corrected chi connectivity index (χ0v) is 82.4. The fourth-order valence-electron chi connectivity index (χ4n) is 29.5. The Morgan fingerprint density at radius 2 is 0.522 bits per heavy atom. The molecule has 8 aliphatic rings. The van der Waals surface area contributed by atoms with E-state index in [0.717, 1.165) is 23.7 Å². The molecule has 0 spiro atoms. The van der Waals surface area contributed by atoms with Crippen molar-refractivity contribution >= 4 is 155 Å². The van der Waals surface area contributed by atoms with E-state index in [1.807, 2.05) is 22.7 Å². The summed E-state index contributed by atoms with van der Waals surface area (Å²) in [5.41, 5.74) is 41.2. The first kappa shape index (κ1) is 85.3. The van der Waals surface area contributed by atoms with Crippen molar-refractivity contribution in [1.29, 1.82) is 0 Å². The van der Waals surface area contributed by atoms with E-state index in [1.54, 1.807) is 22.3 Å². The lowest BCUT2D eigenvalue weighted by molar-refractivity contribution is -0.0282. The number of rotatable bonds is 16. The lowest BCUT2D eigenvalue weighted by atomic mass is 9.34. The van der Waals surface area contributed by atoms with Gasteiger partial charge in [0.2, 0.25) is 13.4 Å². The molecule has 658 valence electrons. The smallest absolute Gasteiger partial charge is 0.242 e. The monoisotopic (exact) mass is 1790 g/mol. The number of thiophene rings is 2. The average molecular weight is 1790 g/mol. The predicted octanol–water partition coefficient (Wildman–Crippen LogP) is 28.6. The Hall–Kier alpha value is -11.7. The second kappa shape index (κ2) is 33.1. The van der Waals surface area contributed by atoms with Crippen LogP contribution in [0.1, 0.15) is 166 Å². The van der Waals surface area contributed by atoms with Crippen molar-refractivity contribution in [3.05, 3.63) is 417 Å². The molecule has 27 rings (SSSR count). The van der Waals surface area contributed by atoms with E-state index in [0.29, 0.717) is 0 Å². The minimum absolute atomic E-state index is 0.158. The maximum Gasteiger partial charge on any atom is 0.242 e. The molecule has 4 atom stereocenters. The highest BCUT2D eigenvalue weighted by atomic mass is 32.1. The molecular weight excluding hydrogens is 1670 g/mol. The number of hydrogen-bond donors (Lipinski definition) is 0. The summed E-state index contributed by atoms with van der Waals surface area (Å²) in [6, 6.07) is 128. The minimum atomic E-state index is -0.605. The molecule has 4 unspecified atom stereocenters. The first-order valence-corrected chi connectivity index (χ1v) is 52.6. The molecule has 0 saturated heterocycles. The Morgan fingerprint density at radius 3 is 0.851 bits per heavy atom. The zero-order chi connectivity index (χ0) is 91.0. The number of para-hydroxylation sites is 2. The second-order valence-corrected chi connectivity index (χ2v) is 47.3. The molecule has 3 aromatic heterocycles. The van der Waals surface area contributed by atoms with Crippen molar-refractivity contribution in [2.75, 3.05) is 0 Å². The van der Waals surface area contributed by atoms with Gasteiger partial charge >= 0.3 is 0 Å². The van der Waals surface area contributed by atoms with Crippen LogP contribution in [0.25, 0.3) is 90.1 Å². The third-order valence-corrected chi connectivity index (χ3v) is 38.4. The van der Waals surface area contributed by atoms with Gasteiger partial charge in [0.15, 0.2) is 0 Å². The number of benzene rings is 16. The number of fused-ring (bicyclic) bond motifs is 9. The van der Waals surface area contributed by atoms with Gasteiger partial charge in [0.25, 0.3) is 0 Å². The van der Waals surface area contributed by atoms with Crippen molar-refractivity contribution in [2.24, 2.45) is 23.7 Å². The Labute approximate surface area is 803 Å². The van der Waals surface area contributed by atoms with Crippen LogP contribution in [0.15, 0.2) is 328 Å². The van der Waals surface area contributed by atoms with E-state index in [2.05, 4.69) is 415 Å². The summed E-state index contributed by atoms with van der Waals surface area (Å²) in [5, 5.41) is 12.4. The molecular formula is C128H118B2NPS2. The van der Waals surface area contributed by atoms with E-state index >= 15 is 0 Å². The molecule has 134 heavy (non-hydrogen) atoms. The molecule has 3 heterocycles. The van der Waals surface area contributed by atoms with E-state index < -0.39 is 7.92 Å². The maximum absolute atomic E-state index is 2.54. The maximum atomic E-state index is 2.54. The Bertz CT molecular complexity index is 7550. The summed E-state index contributed by atoms with van der Waals surface area (Å²) < 4.78 is 7.90. The molecule has 19 aromatic rings. The Morgan fingerprint density at radius 1 is 0.254 bits per heavy atom. The van der Waals surface area contributed by atoms with Crippen LogP contribution in [0, 0.1) is 107 Å². The number of hydrogen-bond acceptors (Lipinski definition) is 2. The van der Waals surface area contributed by atoms with E-state index in [1.165, 1.54) is 283 Å². The van der Waals surface area contributed by atoms with Crippen LogP contribution in [0.5, 0.6) is 0 Å². The summed E-state index contributed by atoms with van der Waals surface area (Å²) in [7, 11) is -0.605. The van der Waals surface area contributed by atoms with Gasteiger partial charge in [-0.2, -0.15) is 0 Å². The normalized spacial score (nSPS) is 21.0. The van der Waals surface area contributed by atoms with Crippen LogP contribution in [-0.2, 0) is 21.7 Å². The molecule has 16 aromatic carbocycles. The molecule has 0 aliphatic heterocycles. The molecule has 8 bridgehead atoms. The third-order valence-electron chi connectivity index (χ3n) is 33.6. The molecule has 8 saturated carbocycles. The predicted molar refractivity (Wildman–Crippen MR) is 583 cm³/mol. The van der Waals surface area contributed by atoms with Gasteiger partial charge in [0.1, 0.15) is 0 Å². The Kier molecular flexibility index (Phi) is 21.1. The van der Waals surface area contributed by atoms with Crippen molar-refractivity contribution in [2.45, 2.75) is 182 Å². The van der Waals surface area contributed by atoms with Gasteiger partial charge < -0.3 is 4.57 Å². The first-order valence-electron chi connectivity index (χ1n) is 49.6. The highest BCUT2D eigenvalue weighted by Gasteiger charge is 2.60. The van der Waals surface area contributed by atoms with Gasteiger partial charge in [-0.3, -0.25) is 0 Å².